The van der Waals surface area contributed by atoms with Crippen molar-refractivity contribution in [1.29, 1.82) is 0 Å². The topological polar surface area (TPSA) is 122 Å². The van der Waals surface area contributed by atoms with Crippen LogP contribution in [0.1, 0.15) is 15.9 Å². The van der Waals surface area contributed by atoms with Crippen molar-refractivity contribution in [2.24, 2.45) is 0 Å². The molecule has 0 saturated carbocycles. The van der Waals surface area contributed by atoms with Gasteiger partial charge in [0.05, 0.1) is 35.1 Å². The second-order valence-electron chi connectivity index (χ2n) is 7.93. The van der Waals surface area contributed by atoms with Gasteiger partial charge in [-0.3, -0.25) is 20.0 Å². The number of hydrogen-bond donors (Lipinski definition) is 2. The van der Waals surface area contributed by atoms with E-state index < -0.39 is 21.6 Å². The molecule has 4 rings (SSSR count). The first-order valence-corrected chi connectivity index (χ1v) is 12.5. The van der Waals surface area contributed by atoms with Crippen LogP contribution in [0.5, 0.6) is 5.75 Å². The van der Waals surface area contributed by atoms with Crippen molar-refractivity contribution < 1.29 is 23.2 Å². The highest BCUT2D eigenvalue weighted by atomic mass is 32.2. The van der Waals surface area contributed by atoms with E-state index in [-0.39, 0.29) is 10.5 Å². The van der Waals surface area contributed by atoms with Crippen LogP contribution in [0.2, 0.25) is 0 Å². The maximum atomic E-state index is 13.5. The number of benzene rings is 2. The molecule has 0 unspecified atom stereocenters. The van der Waals surface area contributed by atoms with Crippen LogP contribution in [0.3, 0.4) is 0 Å². The zero-order valence-corrected chi connectivity index (χ0v) is 20.4. The lowest BCUT2D eigenvalue weighted by molar-refractivity contribution is 0.0707. The molecule has 0 spiro atoms. The number of sulfone groups is 1. The fourth-order valence-corrected chi connectivity index (χ4v) is 5.20. The van der Waals surface area contributed by atoms with Gasteiger partial charge < -0.3 is 9.64 Å². The number of aromatic nitrogens is 2. The number of amides is 1. The SMILES string of the molecule is COc1ccc(S(=O)(=O)CN(c2cccnc2)c2c(C)cc(-c3cccnc3)cc2C(=O)NO)cc1. The Labute approximate surface area is 208 Å². The summed E-state index contributed by atoms with van der Waals surface area (Å²) in [4.78, 5) is 22.7. The maximum absolute atomic E-state index is 13.5. The summed E-state index contributed by atoms with van der Waals surface area (Å²) in [5.74, 6) is -0.736. The number of hydrogen-bond acceptors (Lipinski definition) is 8. The summed E-state index contributed by atoms with van der Waals surface area (Å²) in [5.41, 5.74) is 4.61. The van der Waals surface area contributed by atoms with Crippen molar-refractivity contribution in [2.75, 3.05) is 17.9 Å². The molecular formula is C26H24N4O5S. The summed E-state index contributed by atoms with van der Waals surface area (Å²) in [7, 11) is -2.37. The van der Waals surface area contributed by atoms with Gasteiger partial charge in [-0.05, 0) is 72.6 Å². The van der Waals surface area contributed by atoms with E-state index in [4.69, 9.17) is 4.74 Å². The summed E-state index contributed by atoms with van der Waals surface area (Å²) >= 11 is 0. The average Bonchev–Trinajstić information content (AvgIpc) is 2.92. The van der Waals surface area contributed by atoms with Gasteiger partial charge in [-0.2, -0.15) is 0 Å². The third kappa shape index (κ3) is 5.19. The largest absolute Gasteiger partial charge is 0.497 e. The maximum Gasteiger partial charge on any atom is 0.276 e. The van der Waals surface area contributed by atoms with Crippen molar-refractivity contribution in [2.45, 2.75) is 11.8 Å². The highest BCUT2D eigenvalue weighted by Gasteiger charge is 2.27. The Balaban J connectivity index is 1.88. The zero-order valence-electron chi connectivity index (χ0n) is 19.6. The summed E-state index contributed by atoms with van der Waals surface area (Å²) in [6.07, 6.45) is 6.38. The molecule has 9 nitrogen and oxygen atoms in total. The Morgan fingerprint density at radius 2 is 1.69 bits per heavy atom. The molecule has 2 heterocycles. The van der Waals surface area contributed by atoms with Crippen molar-refractivity contribution >= 4 is 27.1 Å². The fraction of sp³-hybridized carbons (Fsp3) is 0.115. The number of rotatable bonds is 8. The number of carbonyl (C=O) groups is 1. The van der Waals surface area contributed by atoms with E-state index in [1.165, 1.54) is 30.3 Å². The van der Waals surface area contributed by atoms with Gasteiger partial charge in [-0.25, -0.2) is 13.9 Å². The zero-order chi connectivity index (χ0) is 25.7. The number of aryl methyl sites for hydroxylation is 1. The van der Waals surface area contributed by atoms with E-state index in [2.05, 4.69) is 9.97 Å². The lowest BCUT2D eigenvalue weighted by atomic mass is 9.98. The highest BCUT2D eigenvalue weighted by molar-refractivity contribution is 7.91. The lowest BCUT2D eigenvalue weighted by Crippen LogP contribution is -2.30. The van der Waals surface area contributed by atoms with Crippen LogP contribution in [0.15, 0.2) is 90.3 Å². The molecule has 0 fully saturated rings. The van der Waals surface area contributed by atoms with Gasteiger partial charge in [0.15, 0.2) is 9.84 Å². The summed E-state index contributed by atoms with van der Waals surface area (Å²) in [5, 5.41) is 9.50. The molecule has 184 valence electrons. The first kappa shape index (κ1) is 24.8. The van der Waals surface area contributed by atoms with Gasteiger partial charge >= 0.3 is 0 Å². The highest BCUT2D eigenvalue weighted by Crippen LogP contribution is 2.36. The van der Waals surface area contributed by atoms with Crippen LogP contribution in [-0.2, 0) is 9.84 Å². The Morgan fingerprint density at radius 1 is 1.00 bits per heavy atom. The van der Waals surface area contributed by atoms with Crippen LogP contribution >= 0.6 is 0 Å². The Bertz CT molecular complexity index is 1460. The van der Waals surface area contributed by atoms with Crippen LogP contribution in [-0.4, -0.2) is 42.5 Å². The monoisotopic (exact) mass is 504 g/mol. The summed E-state index contributed by atoms with van der Waals surface area (Å²) < 4.78 is 32.1. The number of ether oxygens (including phenoxy) is 1. The van der Waals surface area contributed by atoms with E-state index in [1.807, 2.05) is 12.1 Å². The molecule has 0 aliphatic heterocycles. The van der Waals surface area contributed by atoms with E-state index >= 15 is 0 Å². The Morgan fingerprint density at radius 3 is 2.28 bits per heavy atom. The lowest BCUT2D eigenvalue weighted by Gasteiger charge is -2.28. The van der Waals surface area contributed by atoms with Crippen LogP contribution < -0.4 is 15.1 Å². The minimum absolute atomic E-state index is 0.0881. The molecule has 0 aliphatic rings. The van der Waals surface area contributed by atoms with E-state index in [1.54, 1.807) is 67.4 Å². The van der Waals surface area contributed by atoms with Gasteiger partial charge in [0.1, 0.15) is 11.6 Å². The summed E-state index contributed by atoms with van der Waals surface area (Å²) in [6, 6.07) is 16.5. The van der Waals surface area contributed by atoms with E-state index in [0.29, 0.717) is 28.3 Å². The first-order valence-electron chi connectivity index (χ1n) is 10.9. The van der Waals surface area contributed by atoms with Crippen molar-refractivity contribution in [1.82, 2.24) is 15.4 Å². The smallest absolute Gasteiger partial charge is 0.276 e. The van der Waals surface area contributed by atoms with Gasteiger partial charge in [0.25, 0.3) is 5.91 Å². The molecule has 2 aromatic carbocycles. The fourth-order valence-electron chi connectivity index (χ4n) is 3.88. The standard InChI is InChI=1S/C26H24N4O5S/c1-18-13-20(19-5-3-11-27-15-19)14-24(26(31)29-32)25(18)30(21-6-4-12-28-16-21)17-36(33,34)23-9-7-22(35-2)8-10-23/h3-16,32H,17H2,1-2H3,(H,29,31). The molecule has 36 heavy (non-hydrogen) atoms. The van der Waals surface area contributed by atoms with E-state index in [9.17, 15) is 18.4 Å². The molecule has 0 radical (unpaired) electrons. The predicted octanol–water partition coefficient (Wildman–Crippen LogP) is 4.15. The van der Waals surface area contributed by atoms with Gasteiger partial charge in [-0.1, -0.05) is 6.07 Å². The second kappa shape index (κ2) is 10.5. The van der Waals surface area contributed by atoms with Crippen molar-refractivity contribution in [3.8, 4) is 16.9 Å². The molecular weight excluding hydrogens is 480 g/mol. The molecule has 0 aliphatic carbocycles. The quantitative estimate of drug-likeness (QED) is 0.271. The van der Waals surface area contributed by atoms with Gasteiger partial charge in [0.2, 0.25) is 0 Å². The van der Waals surface area contributed by atoms with Gasteiger partial charge in [-0.15, -0.1) is 0 Å². The predicted molar refractivity (Wildman–Crippen MR) is 135 cm³/mol. The molecule has 2 N–H and O–H groups in total. The molecule has 0 saturated heterocycles. The second-order valence-corrected chi connectivity index (χ2v) is 9.89. The van der Waals surface area contributed by atoms with Crippen LogP contribution in [0, 0.1) is 6.92 Å². The minimum atomic E-state index is -3.87. The van der Waals surface area contributed by atoms with Crippen molar-refractivity contribution in [3.05, 3.63) is 96.6 Å². The number of nitrogens with zero attached hydrogens (tertiary/aromatic N) is 3. The molecule has 0 atom stereocenters. The summed E-state index contributed by atoms with van der Waals surface area (Å²) in [6.45, 7) is 1.77. The molecule has 4 aromatic rings. The molecule has 1 amide bonds. The average molecular weight is 505 g/mol. The number of nitrogens with one attached hydrogen (secondary N) is 1. The number of methoxy groups -OCH3 is 1. The van der Waals surface area contributed by atoms with Gasteiger partial charge in [0, 0.05) is 24.2 Å². The van der Waals surface area contributed by atoms with Crippen LogP contribution in [0.25, 0.3) is 11.1 Å². The number of pyridine rings is 2. The van der Waals surface area contributed by atoms with Crippen molar-refractivity contribution in [3.63, 3.8) is 0 Å². The third-order valence-corrected chi connectivity index (χ3v) is 7.18. The number of hydroxylamine groups is 1. The Kier molecular flexibility index (Phi) is 7.28. The van der Waals surface area contributed by atoms with Crippen LogP contribution in [0.4, 0.5) is 11.4 Å². The Hall–Kier alpha value is -4.28. The van der Waals surface area contributed by atoms with E-state index in [0.717, 1.165) is 5.56 Å². The third-order valence-electron chi connectivity index (χ3n) is 5.59. The minimum Gasteiger partial charge on any atom is -0.497 e. The number of carbonyl (C=O) groups excluding carboxylic acids is 1. The first-order chi connectivity index (χ1) is 17.3. The normalized spacial score (nSPS) is 11.1. The number of anilines is 2. The molecule has 2 aromatic heterocycles. The molecule has 0 bridgehead atoms. The molecule has 10 heteroatoms.